The van der Waals surface area contributed by atoms with Gasteiger partial charge in [-0.2, -0.15) is 13.2 Å². The zero-order valence-corrected chi connectivity index (χ0v) is 13.7. The highest BCUT2D eigenvalue weighted by Crippen LogP contribution is 2.30. The maximum absolute atomic E-state index is 12.7. The van der Waals surface area contributed by atoms with Gasteiger partial charge in [0.15, 0.2) is 0 Å². The Morgan fingerprint density at radius 2 is 1.85 bits per heavy atom. The van der Waals surface area contributed by atoms with Gasteiger partial charge in [-0.3, -0.25) is 14.7 Å². The molecule has 0 spiro atoms. The lowest BCUT2D eigenvalue weighted by atomic mass is 9.99. The largest absolute Gasteiger partial charge is 0.487 e. The molecule has 2 aromatic rings. The first-order valence-electron chi connectivity index (χ1n) is 7.99. The number of benzene rings is 1. The molecular weight excluding hydrogens is 349 g/mol. The van der Waals surface area contributed by atoms with E-state index in [0.29, 0.717) is 19.6 Å². The average molecular weight is 366 g/mol. The van der Waals surface area contributed by atoms with Gasteiger partial charge in [-0.1, -0.05) is 24.3 Å². The molecule has 0 bridgehead atoms. The Hall–Kier alpha value is -2.61. The van der Waals surface area contributed by atoms with E-state index in [2.05, 4.69) is 4.98 Å². The predicted octanol–water partition coefficient (Wildman–Crippen LogP) is 3.20. The van der Waals surface area contributed by atoms with E-state index >= 15 is 0 Å². The fraction of sp³-hybridized carbons (Fsp3) is 0.333. The number of hydrogen-bond acceptors (Lipinski definition) is 4. The number of carboxylic acids is 1. The molecular formula is C18H17F3N2O3. The summed E-state index contributed by atoms with van der Waals surface area (Å²) >= 11 is 0. The molecule has 2 heterocycles. The number of aliphatic carboxylic acids is 1. The Labute approximate surface area is 148 Å². The molecule has 1 aromatic heterocycles. The Morgan fingerprint density at radius 3 is 2.46 bits per heavy atom. The van der Waals surface area contributed by atoms with Crippen molar-refractivity contribution in [1.82, 2.24) is 9.88 Å². The number of ether oxygens (including phenoxy) is 1. The molecule has 3 rings (SSSR count). The molecule has 8 heteroatoms. The minimum absolute atomic E-state index is 0.0594. The quantitative estimate of drug-likeness (QED) is 0.851. The van der Waals surface area contributed by atoms with Gasteiger partial charge in [0.1, 0.15) is 12.4 Å². The summed E-state index contributed by atoms with van der Waals surface area (Å²) in [7, 11) is 0. The van der Waals surface area contributed by atoms with Crippen molar-refractivity contribution in [2.45, 2.75) is 19.3 Å². The van der Waals surface area contributed by atoms with E-state index in [-0.39, 0.29) is 18.3 Å². The zero-order chi connectivity index (χ0) is 18.7. The molecule has 1 saturated heterocycles. The predicted molar refractivity (Wildman–Crippen MR) is 86.4 cm³/mol. The number of aromatic nitrogens is 1. The average Bonchev–Trinajstić information content (AvgIpc) is 2.56. The third-order valence-electron chi connectivity index (χ3n) is 4.18. The Balaban J connectivity index is 1.51. The number of rotatable bonds is 6. The van der Waals surface area contributed by atoms with Crippen molar-refractivity contribution in [3.8, 4) is 5.75 Å². The number of alkyl halides is 3. The van der Waals surface area contributed by atoms with E-state index in [1.165, 1.54) is 6.20 Å². The van der Waals surface area contributed by atoms with Crippen LogP contribution in [0.2, 0.25) is 0 Å². The van der Waals surface area contributed by atoms with Crippen LogP contribution in [0.15, 0.2) is 42.7 Å². The number of nitrogens with zero attached hydrogens (tertiary/aromatic N) is 2. The van der Waals surface area contributed by atoms with Crippen LogP contribution in [-0.4, -0.2) is 34.0 Å². The Kier molecular flexibility index (Phi) is 5.13. The van der Waals surface area contributed by atoms with Crippen LogP contribution < -0.4 is 4.74 Å². The van der Waals surface area contributed by atoms with E-state index in [9.17, 15) is 18.0 Å². The zero-order valence-electron chi connectivity index (χ0n) is 13.7. The minimum Gasteiger partial charge on any atom is -0.487 e. The first kappa shape index (κ1) is 18.2. The maximum Gasteiger partial charge on any atom is 0.418 e. The number of halogens is 3. The number of carbonyl (C=O) groups is 1. The van der Waals surface area contributed by atoms with Crippen molar-refractivity contribution in [2.75, 3.05) is 13.1 Å². The second-order valence-corrected chi connectivity index (χ2v) is 6.24. The summed E-state index contributed by atoms with van der Waals surface area (Å²) < 4.78 is 43.3. The first-order chi connectivity index (χ1) is 12.3. The lowest BCUT2D eigenvalue weighted by Crippen LogP contribution is -2.49. The lowest BCUT2D eigenvalue weighted by molar-refractivity contribution is -0.147. The molecule has 0 amide bonds. The Morgan fingerprint density at radius 1 is 1.19 bits per heavy atom. The topological polar surface area (TPSA) is 62.7 Å². The van der Waals surface area contributed by atoms with E-state index < -0.39 is 17.7 Å². The number of hydrogen-bond donors (Lipinski definition) is 1. The number of pyridine rings is 1. The summed E-state index contributed by atoms with van der Waals surface area (Å²) in [4.78, 5) is 16.4. The van der Waals surface area contributed by atoms with Crippen molar-refractivity contribution in [3.05, 3.63) is 59.4 Å². The summed E-state index contributed by atoms with van der Waals surface area (Å²) in [5.41, 5.74) is 1.01. The fourth-order valence-electron chi connectivity index (χ4n) is 2.67. The summed E-state index contributed by atoms with van der Waals surface area (Å²) in [5, 5.41) is 8.86. The second-order valence-electron chi connectivity index (χ2n) is 6.24. The first-order valence-corrected chi connectivity index (χ1v) is 7.99. The van der Waals surface area contributed by atoms with Gasteiger partial charge >= 0.3 is 12.1 Å². The van der Waals surface area contributed by atoms with E-state index in [1.54, 1.807) is 0 Å². The van der Waals surface area contributed by atoms with Crippen LogP contribution >= 0.6 is 0 Å². The SMILES string of the molecule is O=C(O)C1CN(Cc2ccc(COc3cncc(C(F)(F)F)c3)cc2)C1. The lowest BCUT2D eigenvalue weighted by Gasteiger charge is -2.36. The number of likely N-dealkylation sites (tertiary alicyclic amines) is 1. The van der Waals surface area contributed by atoms with Crippen LogP contribution in [0.5, 0.6) is 5.75 Å². The van der Waals surface area contributed by atoms with Gasteiger partial charge in [0, 0.05) is 25.8 Å². The summed E-state index contributed by atoms with van der Waals surface area (Å²) in [6.07, 6.45) is -2.46. The fourth-order valence-corrected chi connectivity index (χ4v) is 2.67. The molecule has 0 radical (unpaired) electrons. The normalized spacial score (nSPS) is 15.5. The molecule has 1 aliphatic rings. The van der Waals surface area contributed by atoms with Gasteiger partial charge in [-0.25, -0.2) is 0 Å². The molecule has 1 fully saturated rings. The molecule has 1 aromatic carbocycles. The monoisotopic (exact) mass is 366 g/mol. The van der Waals surface area contributed by atoms with Crippen LogP contribution in [-0.2, 0) is 24.1 Å². The third kappa shape index (κ3) is 4.51. The number of carboxylic acid groups (broad SMARTS) is 1. The van der Waals surface area contributed by atoms with Crippen LogP contribution in [0.4, 0.5) is 13.2 Å². The molecule has 1 N–H and O–H groups in total. The van der Waals surface area contributed by atoms with E-state index in [0.717, 1.165) is 23.4 Å². The van der Waals surface area contributed by atoms with Crippen molar-refractivity contribution in [3.63, 3.8) is 0 Å². The standard InChI is InChI=1S/C18H17F3N2O3/c19-18(20,21)15-5-16(7-22-6-15)26-11-13-3-1-12(2-4-13)8-23-9-14(10-23)17(24)25/h1-7,14H,8-11H2,(H,24,25). The van der Waals surface area contributed by atoms with Gasteiger partial charge in [0.2, 0.25) is 0 Å². The summed E-state index contributed by atoms with van der Waals surface area (Å²) in [6, 6.07) is 8.40. The summed E-state index contributed by atoms with van der Waals surface area (Å²) in [6.45, 7) is 1.89. The smallest absolute Gasteiger partial charge is 0.418 e. The highest BCUT2D eigenvalue weighted by atomic mass is 19.4. The van der Waals surface area contributed by atoms with Crippen molar-refractivity contribution >= 4 is 5.97 Å². The van der Waals surface area contributed by atoms with Gasteiger partial charge in [-0.05, 0) is 17.2 Å². The van der Waals surface area contributed by atoms with Crippen molar-refractivity contribution in [1.29, 1.82) is 0 Å². The second kappa shape index (κ2) is 7.33. The molecule has 0 atom stereocenters. The highest BCUT2D eigenvalue weighted by molar-refractivity contribution is 5.71. The molecule has 5 nitrogen and oxygen atoms in total. The van der Waals surface area contributed by atoms with Gasteiger partial charge in [-0.15, -0.1) is 0 Å². The molecule has 138 valence electrons. The van der Waals surface area contributed by atoms with Crippen LogP contribution in [0, 0.1) is 5.92 Å². The molecule has 1 aliphatic heterocycles. The minimum atomic E-state index is -4.45. The summed E-state index contributed by atoms with van der Waals surface area (Å²) in [5.74, 6) is -0.995. The van der Waals surface area contributed by atoms with Crippen LogP contribution in [0.25, 0.3) is 0 Å². The highest BCUT2D eigenvalue weighted by Gasteiger charge is 2.32. The Bertz CT molecular complexity index is 772. The third-order valence-corrected chi connectivity index (χ3v) is 4.18. The maximum atomic E-state index is 12.7. The van der Waals surface area contributed by atoms with Gasteiger partial charge in [0.25, 0.3) is 0 Å². The van der Waals surface area contributed by atoms with E-state index in [1.807, 2.05) is 29.2 Å². The van der Waals surface area contributed by atoms with Crippen molar-refractivity contribution < 1.29 is 27.8 Å². The molecule has 26 heavy (non-hydrogen) atoms. The van der Waals surface area contributed by atoms with Gasteiger partial charge < -0.3 is 9.84 Å². The van der Waals surface area contributed by atoms with Gasteiger partial charge in [0.05, 0.1) is 17.7 Å². The van der Waals surface area contributed by atoms with Crippen molar-refractivity contribution in [2.24, 2.45) is 5.92 Å². The van der Waals surface area contributed by atoms with Crippen LogP contribution in [0.3, 0.4) is 0 Å². The molecule has 0 unspecified atom stereocenters. The van der Waals surface area contributed by atoms with E-state index in [4.69, 9.17) is 9.84 Å². The van der Waals surface area contributed by atoms with Crippen LogP contribution in [0.1, 0.15) is 16.7 Å². The molecule has 0 saturated carbocycles. The molecule has 0 aliphatic carbocycles.